The van der Waals surface area contributed by atoms with E-state index in [1.165, 1.54) is 32.4 Å². The van der Waals surface area contributed by atoms with Crippen LogP contribution in [0.15, 0.2) is 24.3 Å². The third kappa shape index (κ3) is 3.42. The van der Waals surface area contributed by atoms with Crippen LogP contribution in [0.25, 0.3) is 10.9 Å². The average Bonchev–Trinajstić information content (AvgIpc) is 2.96. The topological polar surface area (TPSA) is 61.0 Å². The molecule has 0 aliphatic carbocycles. The van der Waals surface area contributed by atoms with Gasteiger partial charge >= 0.3 is 0 Å². The Hall–Kier alpha value is -1.88. The number of rotatable bonds is 5. The van der Waals surface area contributed by atoms with Crippen molar-refractivity contribution in [1.82, 2.24) is 20.4 Å². The Bertz CT molecular complexity index is 601. The van der Waals surface area contributed by atoms with E-state index in [9.17, 15) is 4.79 Å². The van der Waals surface area contributed by atoms with E-state index in [0.717, 1.165) is 23.9 Å². The molecule has 2 aromatic rings. The highest BCUT2D eigenvalue weighted by Crippen LogP contribution is 2.14. The third-order valence-electron chi connectivity index (χ3n) is 4.07. The predicted octanol–water partition coefficient (Wildman–Crippen LogP) is 2.17. The lowest BCUT2D eigenvalue weighted by Gasteiger charge is -2.26. The fourth-order valence-corrected chi connectivity index (χ4v) is 2.91. The first kappa shape index (κ1) is 14.1. The summed E-state index contributed by atoms with van der Waals surface area (Å²) in [6.07, 6.45) is 4.98. The number of piperidine rings is 1. The lowest BCUT2D eigenvalue weighted by Crippen LogP contribution is -2.33. The number of H-pyrrole nitrogens is 1. The number of likely N-dealkylation sites (tertiary alicyclic amines) is 1. The number of para-hydroxylation sites is 1. The Morgan fingerprint density at radius 1 is 1.24 bits per heavy atom. The van der Waals surface area contributed by atoms with Crippen molar-refractivity contribution >= 4 is 16.8 Å². The lowest BCUT2D eigenvalue weighted by molar-refractivity contribution is 0.0947. The fourth-order valence-electron chi connectivity index (χ4n) is 2.91. The van der Waals surface area contributed by atoms with Crippen molar-refractivity contribution in [2.45, 2.75) is 25.7 Å². The number of nitrogens with zero attached hydrogens (tertiary/aromatic N) is 2. The molecule has 112 valence electrons. The zero-order valence-electron chi connectivity index (χ0n) is 12.3. The zero-order chi connectivity index (χ0) is 14.5. The minimum atomic E-state index is -0.0916. The molecule has 5 nitrogen and oxygen atoms in total. The second-order valence-corrected chi connectivity index (χ2v) is 5.63. The molecule has 1 aliphatic heterocycles. The number of aromatic nitrogens is 2. The standard InChI is InChI=1S/C16H22N4O/c21-16(15-13-7-2-3-8-14(13)18-19-15)17-9-6-12-20-10-4-1-5-11-20/h2-3,7-8H,1,4-6,9-12H2,(H,17,21)(H,18,19). The summed E-state index contributed by atoms with van der Waals surface area (Å²) in [4.78, 5) is 14.6. The summed E-state index contributed by atoms with van der Waals surface area (Å²) in [5.41, 5.74) is 1.39. The maximum Gasteiger partial charge on any atom is 0.272 e. The van der Waals surface area contributed by atoms with Crippen molar-refractivity contribution in [3.63, 3.8) is 0 Å². The molecule has 2 heterocycles. The summed E-state index contributed by atoms with van der Waals surface area (Å²) >= 11 is 0. The largest absolute Gasteiger partial charge is 0.351 e. The Balaban J connectivity index is 1.48. The van der Waals surface area contributed by atoms with Gasteiger partial charge in [-0.3, -0.25) is 9.89 Å². The summed E-state index contributed by atoms with van der Waals surface area (Å²) in [6, 6.07) is 7.70. The van der Waals surface area contributed by atoms with Gasteiger partial charge in [0.1, 0.15) is 0 Å². The van der Waals surface area contributed by atoms with Crippen molar-refractivity contribution in [2.75, 3.05) is 26.2 Å². The van der Waals surface area contributed by atoms with Crippen molar-refractivity contribution in [1.29, 1.82) is 0 Å². The highest BCUT2D eigenvalue weighted by Gasteiger charge is 2.13. The Morgan fingerprint density at radius 2 is 2.05 bits per heavy atom. The number of amides is 1. The van der Waals surface area contributed by atoms with Crippen LogP contribution in [0.1, 0.15) is 36.2 Å². The molecule has 1 fully saturated rings. The van der Waals surface area contributed by atoms with Crippen LogP contribution in [0.2, 0.25) is 0 Å². The first-order valence-corrected chi connectivity index (χ1v) is 7.78. The molecule has 21 heavy (non-hydrogen) atoms. The van der Waals surface area contributed by atoms with Gasteiger partial charge in [-0.2, -0.15) is 5.10 Å². The second-order valence-electron chi connectivity index (χ2n) is 5.63. The van der Waals surface area contributed by atoms with E-state index in [4.69, 9.17) is 0 Å². The molecule has 2 N–H and O–H groups in total. The molecule has 1 aromatic carbocycles. The molecule has 1 amide bonds. The van der Waals surface area contributed by atoms with Crippen LogP contribution in [-0.2, 0) is 0 Å². The van der Waals surface area contributed by atoms with Crippen molar-refractivity contribution in [3.8, 4) is 0 Å². The summed E-state index contributed by atoms with van der Waals surface area (Å²) < 4.78 is 0. The van der Waals surface area contributed by atoms with E-state index in [2.05, 4.69) is 20.4 Å². The monoisotopic (exact) mass is 286 g/mol. The number of hydrogen-bond acceptors (Lipinski definition) is 3. The third-order valence-corrected chi connectivity index (χ3v) is 4.07. The van der Waals surface area contributed by atoms with Gasteiger partial charge in [0, 0.05) is 11.9 Å². The number of benzene rings is 1. The molecule has 0 bridgehead atoms. The molecule has 3 rings (SSSR count). The average molecular weight is 286 g/mol. The molecule has 0 spiro atoms. The Kier molecular flexibility index (Phi) is 4.50. The predicted molar refractivity (Wildman–Crippen MR) is 83.3 cm³/mol. The second kappa shape index (κ2) is 6.72. The van der Waals surface area contributed by atoms with Gasteiger partial charge in [-0.1, -0.05) is 24.6 Å². The maximum atomic E-state index is 12.2. The number of carbonyl (C=O) groups excluding carboxylic acids is 1. The Labute approximate surface area is 124 Å². The first-order chi connectivity index (χ1) is 10.3. The van der Waals surface area contributed by atoms with Crippen LogP contribution < -0.4 is 5.32 Å². The van der Waals surface area contributed by atoms with Gasteiger partial charge in [-0.15, -0.1) is 0 Å². The van der Waals surface area contributed by atoms with E-state index in [1.54, 1.807) is 0 Å². The number of fused-ring (bicyclic) bond motifs is 1. The van der Waals surface area contributed by atoms with Crippen LogP contribution in [-0.4, -0.2) is 47.2 Å². The van der Waals surface area contributed by atoms with Gasteiger partial charge in [0.2, 0.25) is 0 Å². The molecule has 1 saturated heterocycles. The van der Waals surface area contributed by atoms with Crippen LogP contribution in [0.3, 0.4) is 0 Å². The van der Waals surface area contributed by atoms with Crippen LogP contribution in [0.5, 0.6) is 0 Å². The van der Waals surface area contributed by atoms with E-state index >= 15 is 0 Å². The quantitative estimate of drug-likeness (QED) is 0.828. The zero-order valence-corrected chi connectivity index (χ0v) is 12.3. The van der Waals surface area contributed by atoms with E-state index < -0.39 is 0 Å². The highest BCUT2D eigenvalue weighted by molar-refractivity contribution is 6.04. The molecule has 0 radical (unpaired) electrons. The molecular formula is C16H22N4O. The lowest BCUT2D eigenvalue weighted by atomic mass is 10.1. The summed E-state index contributed by atoms with van der Waals surface area (Å²) in [5.74, 6) is -0.0916. The van der Waals surface area contributed by atoms with E-state index in [1.807, 2.05) is 24.3 Å². The molecule has 0 atom stereocenters. The Morgan fingerprint density at radius 3 is 2.90 bits per heavy atom. The number of hydrogen-bond donors (Lipinski definition) is 2. The van der Waals surface area contributed by atoms with E-state index in [0.29, 0.717) is 12.2 Å². The van der Waals surface area contributed by atoms with Crippen LogP contribution in [0, 0.1) is 0 Å². The smallest absolute Gasteiger partial charge is 0.272 e. The van der Waals surface area contributed by atoms with Crippen molar-refractivity contribution in [2.24, 2.45) is 0 Å². The van der Waals surface area contributed by atoms with Gasteiger partial charge in [0.15, 0.2) is 5.69 Å². The highest BCUT2D eigenvalue weighted by atomic mass is 16.1. The minimum Gasteiger partial charge on any atom is -0.351 e. The molecular weight excluding hydrogens is 264 g/mol. The molecule has 5 heteroatoms. The summed E-state index contributed by atoms with van der Waals surface area (Å²) in [7, 11) is 0. The maximum absolute atomic E-state index is 12.2. The van der Waals surface area contributed by atoms with Crippen molar-refractivity contribution in [3.05, 3.63) is 30.0 Å². The number of aromatic amines is 1. The van der Waals surface area contributed by atoms with Gasteiger partial charge in [-0.25, -0.2) is 0 Å². The first-order valence-electron chi connectivity index (χ1n) is 7.78. The molecule has 1 aliphatic rings. The van der Waals surface area contributed by atoms with Crippen LogP contribution >= 0.6 is 0 Å². The summed E-state index contributed by atoms with van der Waals surface area (Å²) in [5, 5.41) is 10.9. The van der Waals surface area contributed by atoms with E-state index in [-0.39, 0.29) is 5.91 Å². The van der Waals surface area contributed by atoms with Gasteiger partial charge in [0.05, 0.1) is 5.52 Å². The number of nitrogens with one attached hydrogen (secondary N) is 2. The summed E-state index contributed by atoms with van der Waals surface area (Å²) in [6.45, 7) is 4.19. The molecule has 0 unspecified atom stereocenters. The normalized spacial score (nSPS) is 16.2. The van der Waals surface area contributed by atoms with Crippen molar-refractivity contribution < 1.29 is 4.79 Å². The van der Waals surface area contributed by atoms with Gasteiger partial charge < -0.3 is 10.2 Å². The van der Waals surface area contributed by atoms with Gasteiger partial charge in [0.25, 0.3) is 5.91 Å². The fraction of sp³-hybridized carbons (Fsp3) is 0.500. The van der Waals surface area contributed by atoms with Crippen LogP contribution in [0.4, 0.5) is 0 Å². The van der Waals surface area contributed by atoms with Gasteiger partial charge in [-0.05, 0) is 45.0 Å². The molecule has 1 aromatic heterocycles. The minimum absolute atomic E-state index is 0.0916. The SMILES string of the molecule is O=C(NCCCN1CCCCC1)c1n[nH]c2ccccc12. The molecule has 0 saturated carbocycles. The number of carbonyl (C=O) groups is 1.